The fourth-order valence-corrected chi connectivity index (χ4v) is 3.90. The summed E-state index contributed by atoms with van der Waals surface area (Å²) in [5.74, 6) is -0.804. The summed E-state index contributed by atoms with van der Waals surface area (Å²) >= 11 is 6.60. The zero-order chi connectivity index (χ0) is 17.9. The molecule has 1 heterocycles. The molecule has 0 aliphatic carbocycles. The van der Waals surface area contributed by atoms with Crippen LogP contribution in [0.5, 0.6) is 0 Å². The van der Waals surface area contributed by atoms with Crippen LogP contribution in [0.2, 0.25) is 0 Å². The fraction of sp³-hybridized carbons (Fsp3) is 0.235. The van der Waals surface area contributed by atoms with Crippen LogP contribution < -0.4 is 16.4 Å². The summed E-state index contributed by atoms with van der Waals surface area (Å²) in [6.07, 6.45) is 0.699. The molecule has 0 saturated heterocycles. The number of thiocarbonyl (C=S) groups is 1. The Morgan fingerprint density at radius 1 is 1.25 bits per heavy atom. The summed E-state index contributed by atoms with van der Waals surface area (Å²) < 4.78 is 0. The molecule has 0 unspecified atom stereocenters. The lowest BCUT2D eigenvalue weighted by Crippen LogP contribution is -2.34. The fourth-order valence-electron chi connectivity index (χ4n) is 2.49. The zero-order valence-corrected chi connectivity index (χ0v) is 15.4. The van der Waals surface area contributed by atoms with Crippen molar-refractivity contribution in [3.8, 4) is 0 Å². The van der Waals surface area contributed by atoms with E-state index < -0.39 is 5.91 Å². The number of anilines is 1. The smallest absolute Gasteiger partial charge is 0.257 e. The molecule has 0 saturated carbocycles. The van der Waals surface area contributed by atoms with E-state index in [2.05, 4.69) is 10.6 Å². The average molecular weight is 361 g/mol. The molecule has 1 aromatic heterocycles. The average Bonchev–Trinajstić information content (AvgIpc) is 2.82. The maximum absolute atomic E-state index is 12.3. The van der Waals surface area contributed by atoms with E-state index in [4.69, 9.17) is 18.0 Å². The van der Waals surface area contributed by atoms with Crippen molar-refractivity contribution in [2.45, 2.75) is 27.2 Å². The van der Waals surface area contributed by atoms with Crippen LogP contribution in [0.25, 0.3) is 0 Å². The van der Waals surface area contributed by atoms with Gasteiger partial charge in [0.25, 0.3) is 11.8 Å². The van der Waals surface area contributed by atoms with Crippen molar-refractivity contribution in [2.75, 3.05) is 5.32 Å². The maximum atomic E-state index is 12.3. The van der Waals surface area contributed by atoms with E-state index in [1.54, 1.807) is 12.1 Å². The standard InChI is InChI=1S/C17H19N3O2S2/c1-4-11-10(3)24-16(13(11)14(18)21)20-17(23)19-15(22)12-8-6-5-7-9(12)2/h5-8H,4H2,1-3H3,(H2,18,21)(H2,19,20,22,23). The number of carbonyl (C=O) groups is 2. The Bertz CT molecular complexity index is 812. The molecule has 2 rings (SSSR count). The number of amides is 2. The monoisotopic (exact) mass is 361 g/mol. The van der Waals surface area contributed by atoms with Gasteiger partial charge < -0.3 is 11.1 Å². The summed E-state index contributed by atoms with van der Waals surface area (Å²) in [6.45, 7) is 5.74. The summed E-state index contributed by atoms with van der Waals surface area (Å²) in [5, 5.41) is 6.25. The minimum atomic E-state index is -0.508. The van der Waals surface area contributed by atoms with Crippen LogP contribution in [0.15, 0.2) is 24.3 Å². The molecule has 126 valence electrons. The number of carbonyl (C=O) groups excluding carboxylic acids is 2. The summed E-state index contributed by atoms with van der Waals surface area (Å²) in [4.78, 5) is 25.0. The van der Waals surface area contributed by atoms with Gasteiger partial charge in [0.15, 0.2) is 5.11 Å². The Balaban J connectivity index is 2.18. The Morgan fingerprint density at radius 2 is 1.92 bits per heavy atom. The number of aryl methyl sites for hydroxylation is 2. The number of thiophene rings is 1. The van der Waals surface area contributed by atoms with Crippen molar-refractivity contribution in [3.05, 3.63) is 51.4 Å². The Labute approximate surface area is 150 Å². The van der Waals surface area contributed by atoms with Gasteiger partial charge in [-0.3, -0.25) is 14.9 Å². The second kappa shape index (κ2) is 7.55. The first-order chi connectivity index (χ1) is 11.3. The highest BCUT2D eigenvalue weighted by atomic mass is 32.1. The van der Waals surface area contributed by atoms with E-state index in [-0.39, 0.29) is 11.0 Å². The predicted octanol–water partition coefficient (Wildman–Crippen LogP) is 3.15. The SMILES string of the molecule is CCc1c(C)sc(NC(=S)NC(=O)c2ccccc2C)c1C(N)=O. The summed E-state index contributed by atoms with van der Waals surface area (Å²) in [7, 11) is 0. The van der Waals surface area contributed by atoms with Gasteiger partial charge in [-0.2, -0.15) is 0 Å². The highest BCUT2D eigenvalue weighted by Crippen LogP contribution is 2.33. The van der Waals surface area contributed by atoms with Gasteiger partial charge in [-0.05, 0) is 49.7 Å². The number of benzene rings is 1. The van der Waals surface area contributed by atoms with Gasteiger partial charge >= 0.3 is 0 Å². The second-order valence-corrected chi connectivity index (χ2v) is 6.91. The Hall–Kier alpha value is -2.25. The Morgan fingerprint density at radius 3 is 2.50 bits per heavy atom. The molecule has 2 amide bonds. The van der Waals surface area contributed by atoms with Gasteiger partial charge in [0, 0.05) is 10.4 Å². The number of nitrogens with one attached hydrogen (secondary N) is 2. The molecule has 0 bridgehead atoms. The summed E-state index contributed by atoms with van der Waals surface area (Å²) in [6, 6.07) is 7.24. The van der Waals surface area contributed by atoms with Gasteiger partial charge in [0.05, 0.1) is 5.56 Å². The highest BCUT2D eigenvalue weighted by Gasteiger charge is 2.20. The molecule has 0 radical (unpaired) electrons. The predicted molar refractivity (Wildman–Crippen MR) is 102 cm³/mol. The van der Waals surface area contributed by atoms with E-state index in [9.17, 15) is 9.59 Å². The van der Waals surface area contributed by atoms with Crippen molar-refractivity contribution in [3.63, 3.8) is 0 Å². The molecule has 2 aromatic rings. The molecule has 0 aliphatic heterocycles. The van der Waals surface area contributed by atoms with Gasteiger partial charge in [-0.1, -0.05) is 25.1 Å². The number of hydrogen-bond donors (Lipinski definition) is 3. The zero-order valence-electron chi connectivity index (χ0n) is 13.7. The van der Waals surface area contributed by atoms with Crippen LogP contribution in [0, 0.1) is 13.8 Å². The van der Waals surface area contributed by atoms with E-state index in [0.717, 1.165) is 16.0 Å². The van der Waals surface area contributed by atoms with Crippen LogP contribution >= 0.6 is 23.6 Å². The van der Waals surface area contributed by atoms with Gasteiger partial charge in [-0.25, -0.2) is 0 Å². The van der Waals surface area contributed by atoms with Crippen molar-refractivity contribution >= 4 is 45.5 Å². The number of hydrogen-bond acceptors (Lipinski definition) is 4. The third-order valence-electron chi connectivity index (χ3n) is 3.65. The van der Waals surface area contributed by atoms with Gasteiger partial charge in [-0.15, -0.1) is 11.3 Å². The molecule has 0 spiro atoms. The van der Waals surface area contributed by atoms with Crippen LogP contribution in [0.4, 0.5) is 5.00 Å². The molecule has 24 heavy (non-hydrogen) atoms. The lowest BCUT2D eigenvalue weighted by molar-refractivity contribution is 0.0975. The minimum Gasteiger partial charge on any atom is -0.365 e. The maximum Gasteiger partial charge on any atom is 0.257 e. The third kappa shape index (κ3) is 3.80. The molecule has 0 aliphatic rings. The lowest BCUT2D eigenvalue weighted by Gasteiger charge is -2.10. The normalized spacial score (nSPS) is 10.3. The largest absolute Gasteiger partial charge is 0.365 e. The van der Waals surface area contributed by atoms with Crippen LogP contribution in [0.1, 0.15) is 43.6 Å². The van der Waals surface area contributed by atoms with E-state index in [1.165, 1.54) is 11.3 Å². The molecule has 0 fully saturated rings. The topological polar surface area (TPSA) is 84.2 Å². The quantitative estimate of drug-likeness (QED) is 0.731. The number of primary amides is 1. The first-order valence-electron chi connectivity index (χ1n) is 7.45. The van der Waals surface area contributed by atoms with Gasteiger partial charge in [0.1, 0.15) is 5.00 Å². The molecule has 5 nitrogen and oxygen atoms in total. The molecule has 4 N–H and O–H groups in total. The van der Waals surface area contributed by atoms with Crippen LogP contribution in [-0.4, -0.2) is 16.9 Å². The first kappa shape index (κ1) is 18.1. The third-order valence-corrected chi connectivity index (χ3v) is 4.92. The van der Waals surface area contributed by atoms with Crippen molar-refractivity contribution < 1.29 is 9.59 Å². The van der Waals surface area contributed by atoms with Crippen molar-refractivity contribution in [1.29, 1.82) is 0 Å². The molecule has 7 heteroatoms. The molecule has 0 atom stereocenters. The molecule has 1 aromatic carbocycles. The second-order valence-electron chi connectivity index (χ2n) is 5.28. The summed E-state index contributed by atoms with van der Waals surface area (Å²) in [5.41, 5.74) is 8.24. The number of nitrogens with two attached hydrogens (primary N) is 1. The van der Waals surface area contributed by atoms with Crippen molar-refractivity contribution in [1.82, 2.24) is 5.32 Å². The van der Waals surface area contributed by atoms with E-state index >= 15 is 0 Å². The first-order valence-corrected chi connectivity index (χ1v) is 8.67. The van der Waals surface area contributed by atoms with Crippen molar-refractivity contribution in [2.24, 2.45) is 5.73 Å². The lowest BCUT2D eigenvalue weighted by atomic mass is 10.1. The van der Waals surface area contributed by atoms with E-state index in [0.29, 0.717) is 22.5 Å². The highest BCUT2D eigenvalue weighted by molar-refractivity contribution is 7.80. The Kier molecular flexibility index (Phi) is 5.69. The molecular formula is C17H19N3O2S2. The van der Waals surface area contributed by atoms with Gasteiger partial charge in [0.2, 0.25) is 0 Å². The van der Waals surface area contributed by atoms with Crippen LogP contribution in [0.3, 0.4) is 0 Å². The van der Waals surface area contributed by atoms with Crippen LogP contribution in [-0.2, 0) is 6.42 Å². The molecular weight excluding hydrogens is 342 g/mol. The number of rotatable bonds is 4. The minimum absolute atomic E-state index is 0.134. The van der Waals surface area contributed by atoms with E-state index in [1.807, 2.05) is 32.9 Å².